The molecule has 0 fully saturated rings. The second kappa shape index (κ2) is 8.58. The number of amides is 1. The molecule has 1 aliphatic carbocycles. The van der Waals surface area contributed by atoms with Crippen LogP contribution in [0.3, 0.4) is 0 Å². The van der Waals surface area contributed by atoms with Crippen LogP contribution in [0.2, 0.25) is 0 Å². The number of halogens is 1. The third-order valence-electron chi connectivity index (χ3n) is 5.27. The Morgan fingerprint density at radius 2 is 1.72 bits per heavy atom. The molecule has 0 spiro atoms. The molecule has 1 amide bonds. The van der Waals surface area contributed by atoms with Crippen LogP contribution in [0.1, 0.15) is 45.8 Å². The molecule has 2 aromatic carbocycles. The van der Waals surface area contributed by atoms with Crippen molar-refractivity contribution in [3.05, 3.63) is 82.6 Å². The molecule has 0 bridgehead atoms. The average molecular weight is 456 g/mol. The summed E-state index contributed by atoms with van der Waals surface area (Å²) in [7, 11) is -3.96. The van der Waals surface area contributed by atoms with Crippen molar-refractivity contribution in [1.29, 1.82) is 0 Å². The molecule has 0 atom stereocenters. The lowest BCUT2D eigenvalue weighted by atomic mass is 9.93. The second-order valence-corrected chi connectivity index (χ2v) is 9.30. The van der Waals surface area contributed by atoms with E-state index in [1.54, 1.807) is 6.92 Å². The van der Waals surface area contributed by atoms with Crippen molar-refractivity contribution in [3.63, 3.8) is 0 Å². The Morgan fingerprint density at radius 1 is 1.03 bits per heavy atom. The van der Waals surface area contributed by atoms with Crippen molar-refractivity contribution in [3.8, 4) is 0 Å². The van der Waals surface area contributed by atoms with E-state index in [0.29, 0.717) is 47.5 Å². The van der Waals surface area contributed by atoms with Crippen LogP contribution in [0.4, 0.5) is 10.1 Å². The van der Waals surface area contributed by atoms with Crippen LogP contribution in [-0.4, -0.2) is 20.0 Å². The van der Waals surface area contributed by atoms with Gasteiger partial charge in [-0.25, -0.2) is 4.39 Å². The molecule has 1 heterocycles. The van der Waals surface area contributed by atoms with Gasteiger partial charge in [-0.2, -0.15) is 18.4 Å². The summed E-state index contributed by atoms with van der Waals surface area (Å²) in [5.74, 6) is -0.140. The number of benzene rings is 2. The van der Waals surface area contributed by atoms with Gasteiger partial charge >= 0.3 is 0 Å². The zero-order chi connectivity index (χ0) is 22.9. The second-order valence-electron chi connectivity index (χ2n) is 7.64. The maximum Gasteiger partial charge on any atom is 0.291 e. The van der Waals surface area contributed by atoms with Gasteiger partial charge in [0.2, 0.25) is 0 Å². The van der Waals surface area contributed by atoms with E-state index in [-0.39, 0.29) is 16.6 Å². The summed E-state index contributed by atoms with van der Waals surface area (Å²) in [6.45, 7) is 3.71. The van der Waals surface area contributed by atoms with Gasteiger partial charge in [-0.1, -0.05) is 17.7 Å². The highest BCUT2D eigenvalue weighted by atomic mass is 32.2. The van der Waals surface area contributed by atoms with Crippen LogP contribution >= 0.6 is 0 Å². The minimum Gasteiger partial charge on any atom is -0.455 e. The maximum absolute atomic E-state index is 13.1. The van der Waals surface area contributed by atoms with Gasteiger partial charge in [0.1, 0.15) is 11.6 Å². The molecule has 9 heteroatoms. The Hall–Kier alpha value is -3.46. The van der Waals surface area contributed by atoms with Crippen molar-refractivity contribution >= 4 is 27.3 Å². The van der Waals surface area contributed by atoms with Gasteiger partial charge in [-0.05, 0) is 63.1 Å². The first-order chi connectivity index (χ1) is 15.2. The van der Waals surface area contributed by atoms with Crippen LogP contribution in [0, 0.1) is 19.7 Å². The number of fused-ring (bicyclic) bond motifs is 1. The van der Waals surface area contributed by atoms with E-state index in [2.05, 4.69) is 15.2 Å². The molecule has 7 nitrogen and oxygen atoms in total. The number of anilines is 1. The van der Waals surface area contributed by atoms with E-state index in [0.717, 1.165) is 17.7 Å². The zero-order valence-corrected chi connectivity index (χ0v) is 18.4. The zero-order valence-electron chi connectivity index (χ0n) is 17.6. The largest absolute Gasteiger partial charge is 0.455 e. The Balaban J connectivity index is 1.59. The van der Waals surface area contributed by atoms with E-state index in [1.807, 2.05) is 31.2 Å². The average Bonchev–Trinajstić information content (AvgIpc) is 3.11. The SMILES string of the molecule is Cc1ccc(NC(=O)c2oc3c(c2C)/C(=N/NS(=O)(=O)c2ccc(F)cc2)CCC3)cc1. The summed E-state index contributed by atoms with van der Waals surface area (Å²) in [5, 5.41) is 6.93. The third-order valence-corrected chi connectivity index (χ3v) is 6.49. The first-order valence-corrected chi connectivity index (χ1v) is 11.6. The van der Waals surface area contributed by atoms with E-state index < -0.39 is 15.8 Å². The topological polar surface area (TPSA) is 101 Å². The number of nitrogens with one attached hydrogen (secondary N) is 2. The highest BCUT2D eigenvalue weighted by Gasteiger charge is 2.28. The minimum absolute atomic E-state index is 0.0960. The van der Waals surface area contributed by atoms with Gasteiger partial charge in [-0.3, -0.25) is 4.79 Å². The van der Waals surface area contributed by atoms with Crippen molar-refractivity contribution in [2.24, 2.45) is 5.10 Å². The van der Waals surface area contributed by atoms with Gasteiger partial charge in [0, 0.05) is 23.2 Å². The number of hydrazone groups is 1. The highest BCUT2D eigenvalue weighted by molar-refractivity contribution is 7.89. The van der Waals surface area contributed by atoms with Crippen LogP contribution in [0.5, 0.6) is 0 Å². The van der Waals surface area contributed by atoms with E-state index in [1.165, 1.54) is 12.1 Å². The lowest BCUT2D eigenvalue weighted by Crippen LogP contribution is -2.22. The molecule has 166 valence electrons. The Bertz CT molecular complexity index is 1290. The summed E-state index contributed by atoms with van der Waals surface area (Å²) in [6.07, 6.45) is 1.85. The monoisotopic (exact) mass is 455 g/mol. The summed E-state index contributed by atoms with van der Waals surface area (Å²) in [5.41, 5.74) is 3.47. The minimum atomic E-state index is -3.96. The number of nitrogens with zero attached hydrogens (tertiary/aromatic N) is 1. The normalized spacial score (nSPS) is 14.8. The molecule has 2 N–H and O–H groups in total. The van der Waals surface area contributed by atoms with Crippen LogP contribution in [0.25, 0.3) is 0 Å². The predicted octanol–water partition coefficient (Wildman–Crippen LogP) is 4.31. The molecule has 1 aromatic heterocycles. The van der Waals surface area contributed by atoms with Gasteiger partial charge in [0.25, 0.3) is 15.9 Å². The Labute approximate surface area is 185 Å². The predicted molar refractivity (Wildman–Crippen MR) is 119 cm³/mol. The number of hydrogen-bond donors (Lipinski definition) is 2. The molecule has 0 saturated carbocycles. The number of carbonyl (C=O) groups excluding carboxylic acids is 1. The molecular weight excluding hydrogens is 433 g/mol. The van der Waals surface area contributed by atoms with Crippen LogP contribution in [-0.2, 0) is 16.4 Å². The number of aryl methyl sites for hydroxylation is 2. The maximum atomic E-state index is 13.1. The first kappa shape index (κ1) is 21.8. The molecule has 3 aromatic rings. The molecule has 0 radical (unpaired) electrons. The lowest BCUT2D eigenvalue weighted by molar-refractivity contribution is 0.0994. The number of sulfonamides is 1. The standard InChI is InChI=1S/C23H22FN3O4S/c1-14-6-10-17(11-7-14)25-23(28)22-15(2)21-19(4-3-5-20(21)31-22)26-27-32(29,30)18-12-8-16(24)9-13-18/h6-13,27H,3-5H2,1-2H3,(H,25,28)/b26-19+. The quantitative estimate of drug-likeness (QED) is 0.560. The summed E-state index contributed by atoms with van der Waals surface area (Å²) >= 11 is 0. The van der Waals surface area contributed by atoms with Crippen molar-refractivity contribution in [2.45, 2.75) is 38.0 Å². The van der Waals surface area contributed by atoms with Crippen molar-refractivity contribution in [2.75, 3.05) is 5.32 Å². The Morgan fingerprint density at radius 3 is 2.41 bits per heavy atom. The summed E-state index contributed by atoms with van der Waals surface area (Å²) < 4.78 is 43.9. The fraction of sp³-hybridized carbons (Fsp3) is 0.217. The smallest absolute Gasteiger partial charge is 0.291 e. The number of rotatable bonds is 5. The van der Waals surface area contributed by atoms with Crippen LogP contribution < -0.4 is 10.1 Å². The fourth-order valence-corrected chi connectivity index (χ4v) is 4.43. The molecule has 0 saturated heterocycles. The molecule has 0 aliphatic heterocycles. The molecule has 32 heavy (non-hydrogen) atoms. The van der Waals surface area contributed by atoms with Gasteiger partial charge in [0.15, 0.2) is 5.76 Å². The third kappa shape index (κ3) is 4.43. The van der Waals surface area contributed by atoms with Gasteiger partial charge in [0.05, 0.1) is 10.6 Å². The van der Waals surface area contributed by atoms with Gasteiger partial charge < -0.3 is 9.73 Å². The van der Waals surface area contributed by atoms with E-state index in [9.17, 15) is 17.6 Å². The molecule has 0 unspecified atom stereocenters. The lowest BCUT2D eigenvalue weighted by Gasteiger charge is -2.14. The Kier molecular flexibility index (Phi) is 5.84. The summed E-state index contributed by atoms with van der Waals surface area (Å²) in [4.78, 5) is 14.9. The van der Waals surface area contributed by atoms with Crippen LogP contribution in [0.15, 0.2) is 62.9 Å². The fourth-order valence-electron chi connectivity index (χ4n) is 3.60. The number of carbonyl (C=O) groups is 1. The summed E-state index contributed by atoms with van der Waals surface area (Å²) in [6, 6.07) is 11.9. The van der Waals surface area contributed by atoms with Crippen molar-refractivity contribution in [1.82, 2.24) is 4.83 Å². The highest BCUT2D eigenvalue weighted by Crippen LogP contribution is 2.30. The van der Waals surface area contributed by atoms with Crippen molar-refractivity contribution < 1.29 is 22.0 Å². The van der Waals surface area contributed by atoms with E-state index >= 15 is 0 Å². The first-order valence-electron chi connectivity index (χ1n) is 10.1. The molecule has 1 aliphatic rings. The molecule has 4 rings (SSSR count). The molecular formula is C23H22FN3O4S. The number of furan rings is 1. The van der Waals surface area contributed by atoms with E-state index in [4.69, 9.17) is 4.42 Å². The number of hydrogen-bond acceptors (Lipinski definition) is 5. The van der Waals surface area contributed by atoms with Gasteiger partial charge in [-0.15, -0.1) is 0 Å².